The molecular formula is C27H25N3O5. The van der Waals surface area contributed by atoms with E-state index in [4.69, 9.17) is 4.74 Å². The monoisotopic (exact) mass is 471 g/mol. The SMILES string of the molecule is COc1ccc(C)cc1N1C(=O)CC(N(NC(=O)c2cccc(C)c2)C(=O)c2ccccc2)C1=O. The maximum absolute atomic E-state index is 13.5. The normalized spacial score (nSPS) is 15.2. The topological polar surface area (TPSA) is 96.0 Å². The van der Waals surface area contributed by atoms with Gasteiger partial charge in [-0.3, -0.25) is 24.6 Å². The van der Waals surface area contributed by atoms with Gasteiger partial charge in [0.05, 0.1) is 19.2 Å². The Labute approximate surface area is 203 Å². The van der Waals surface area contributed by atoms with Crippen molar-refractivity contribution in [1.82, 2.24) is 10.4 Å². The zero-order chi connectivity index (χ0) is 25.1. The minimum atomic E-state index is -1.23. The number of nitrogens with zero attached hydrogens (tertiary/aromatic N) is 2. The van der Waals surface area contributed by atoms with Crippen LogP contribution in [0.15, 0.2) is 72.8 Å². The van der Waals surface area contributed by atoms with Crippen LogP contribution in [0.4, 0.5) is 5.69 Å². The van der Waals surface area contributed by atoms with Crippen LogP contribution >= 0.6 is 0 Å². The first kappa shape index (κ1) is 23.7. The Hall–Kier alpha value is -4.46. The molecule has 3 aromatic carbocycles. The maximum Gasteiger partial charge on any atom is 0.273 e. The van der Waals surface area contributed by atoms with Crippen molar-refractivity contribution >= 4 is 29.3 Å². The number of rotatable bonds is 5. The molecule has 0 saturated carbocycles. The second-order valence-corrected chi connectivity index (χ2v) is 8.31. The fraction of sp³-hybridized carbons (Fsp3) is 0.185. The minimum Gasteiger partial charge on any atom is -0.495 e. The number of hydrogen-bond donors (Lipinski definition) is 1. The standard InChI is InChI=1S/C27H25N3O5/c1-17-8-7-11-20(14-17)25(32)28-30(26(33)19-9-5-4-6-10-19)22-16-24(31)29(27(22)34)21-15-18(2)12-13-23(21)35-3/h4-15,22H,16H2,1-3H3,(H,28,32). The number of hydrazine groups is 1. The van der Waals surface area contributed by atoms with Crippen molar-refractivity contribution in [3.8, 4) is 5.75 Å². The molecule has 4 rings (SSSR count). The summed E-state index contributed by atoms with van der Waals surface area (Å²) in [7, 11) is 1.45. The third kappa shape index (κ3) is 4.77. The van der Waals surface area contributed by atoms with Gasteiger partial charge in [0.25, 0.3) is 17.7 Å². The number of ether oxygens (including phenoxy) is 1. The number of hydrogen-bond acceptors (Lipinski definition) is 5. The molecule has 0 spiro atoms. The van der Waals surface area contributed by atoms with E-state index in [0.717, 1.165) is 21.0 Å². The van der Waals surface area contributed by atoms with Gasteiger partial charge >= 0.3 is 0 Å². The summed E-state index contributed by atoms with van der Waals surface area (Å²) in [5, 5.41) is 0.961. The smallest absolute Gasteiger partial charge is 0.273 e. The lowest BCUT2D eigenvalue weighted by Gasteiger charge is -2.28. The molecular weight excluding hydrogens is 446 g/mol. The first-order valence-electron chi connectivity index (χ1n) is 11.1. The fourth-order valence-corrected chi connectivity index (χ4v) is 4.00. The van der Waals surface area contributed by atoms with Crippen molar-refractivity contribution < 1.29 is 23.9 Å². The van der Waals surface area contributed by atoms with Crippen LogP contribution in [0.25, 0.3) is 0 Å². The summed E-state index contributed by atoms with van der Waals surface area (Å²) < 4.78 is 5.36. The number of anilines is 1. The van der Waals surface area contributed by atoms with Crippen LogP contribution in [0.1, 0.15) is 38.3 Å². The highest BCUT2D eigenvalue weighted by Crippen LogP contribution is 2.34. The summed E-state index contributed by atoms with van der Waals surface area (Å²) in [6.45, 7) is 3.68. The average Bonchev–Trinajstić information content (AvgIpc) is 3.15. The molecule has 1 unspecified atom stereocenters. The Morgan fingerprint density at radius 1 is 0.914 bits per heavy atom. The van der Waals surface area contributed by atoms with E-state index < -0.39 is 29.7 Å². The molecule has 0 radical (unpaired) electrons. The largest absolute Gasteiger partial charge is 0.495 e. The van der Waals surface area contributed by atoms with Crippen molar-refractivity contribution in [3.63, 3.8) is 0 Å². The van der Waals surface area contributed by atoms with Gasteiger partial charge in [0.15, 0.2) is 0 Å². The molecule has 1 atom stereocenters. The van der Waals surface area contributed by atoms with Crippen LogP contribution in [0.5, 0.6) is 5.75 Å². The Bertz CT molecular complexity index is 1310. The third-order valence-corrected chi connectivity index (χ3v) is 5.75. The molecule has 35 heavy (non-hydrogen) atoms. The molecule has 1 N–H and O–H groups in total. The summed E-state index contributed by atoms with van der Waals surface area (Å²) >= 11 is 0. The predicted octanol–water partition coefficient (Wildman–Crippen LogP) is 3.43. The first-order valence-corrected chi connectivity index (χ1v) is 11.1. The molecule has 0 aromatic heterocycles. The van der Waals surface area contributed by atoms with Gasteiger partial charge in [-0.05, 0) is 55.8 Å². The molecule has 178 valence electrons. The first-order chi connectivity index (χ1) is 16.8. The lowest BCUT2D eigenvalue weighted by molar-refractivity contribution is -0.122. The summed E-state index contributed by atoms with van der Waals surface area (Å²) in [4.78, 5) is 54.1. The number of aryl methyl sites for hydroxylation is 2. The van der Waals surface area contributed by atoms with Crippen LogP contribution in [0, 0.1) is 13.8 Å². The summed E-state index contributed by atoms with van der Waals surface area (Å²) in [5.41, 5.74) is 5.16. The molecule has 1 fully saturated rings. The second-order valence-electron chi connectivity index (χ2n) is 8.31. The van der Waals surface area contributed by atoms with E-state index in [9.17, 15) is 19.2 Å². The second kappa shape index (κ2) is 9.80. The van der Waals surface area contributed by atoms with Crippen LogP contribution in [-0.2, 0) is 9.59 Å². The van der Waals surface area contributed by atoms with E-state index >= 15 is 0 Å². The number of imide groups is 1. The quantitative estimate of drug-likeness (QED) is 0.454. The lowest BCUT2D eigenvalue weighted by atomic mass is 10.1. The molecule has 4 amide bonds. The molecule has 1 saturated heterocycles. The highest BCUT2D eigenvalue weighted by Gasteiger charge is 2.46. The van der Waals surface area contributed by atoms with Gasteiger partial charge in [0.2, 0.25) is 5.91 Å². The van der Waals surface area contributed by atoms with Crippen LogP contribution in [0.3, 0.4) is 0 Å². The number of amides is 4. The average molecular weight is 472 g/mol. The van der Waals surface area contributed by atoms with E-state index in [1.165, 1.54) is 7.11 Å². The molecule has 0 aliphatic carbocycles. The number of carbonyl (C=O) groups is 4. The summed E-state index contributed by atoms with van der Waals surface area (Å²) in [5.74, 6) is -1.95. The van der Waals surface area contributed by atoms with Crippen molar-refractivity contribution in [2.24, 2.45) is 0 Å². The van der Waals surface area contributed by atoms with Gasteiger partial charge < -0.3 is 4.74 Å². The summed E-state index contributed by atoms with van der Waals surface area (Å²) in [6.07, 6.45) is -0.289. The van der Waals surface area contributed by atoms with Gasteiger partial charge in [0.1, 0.15) is 11.8 Å². The molecule has 8 heteroatoms. The van der Waals surface area contributed by atoms with E-state index in [2.05, 4.69) is 5.43 Å². The Morgan fingerprint density at radius 3 is 2.29 bits per heavy atom. The van der Waals surface area contributed by atoms with Crippen molar-refractivity contribution in [3.05, 3.63) is 95.1 Å². The Morgan fingerprint density at radius 2 is 1.60 bits per heavy atom. The number of carbonyl (C=O) groups excluding carboxylic acids is 4. The predicted molar refractivity (Wildman–Crippen MR) is 130 cm³/mol. The molecule has 1 heterocycles. The zero-order valence-corrected chi connectivity index (χ0v) is 19.6. The Kier molecular flexibility index (Phi) is 6.64. The van der Waals surface area contributed by atoms with Gasteiger partial charge in [0, 0.05) is 11.1 Å². The highest BCUT2D eigenvalue weighted by molar-refractivity contribution is 6.24. The zero-order valence-electron chi connectivity index (χ0n) is 19.6. The Balaban J connectivity index is 1.71. The minimum absolute atomic E-state index is 0.267. The van der Waals surface area contributed by atoms with Gasteiger partial charge in [-0.15, -0.1) is 0 Å². The van der Waals surface area contributed by atoms with E-state index in [0.29, 0.717) is 17.0 Å². The van der Waals surface area contributed by atoms with Crippen molar-refractivity contribution in [2.75, 3.05) is 12.0 Å². The van der Waals surface area contributed by atoms with E-state index in [1.807, 2.05) is 19.9 Å². The molecule has 1 aliphatic rings. The van der Waals surface area contributed by atoms with Gasteiger partial charge in [-0.25, -0.2) is 9.91 Å². The molecule has 3 aromatic rings. The van der Waals surface area contributed by atoms with Crippen molar-refractivity contribution in [2.45, 2.75) is 26.3 Å². The van der Waals surface area contributed by atoms with E-state index in [-0.39, 0.29) is 12.0 Å². The lowest BCUT2D eigenvalue weighted by Crippen LogP contribution is -2.54. The summed E-state index contributed by atoms with van der Waals surface area (Å²) in [6, 6.07) is 19.0. The third-order valence-electron chi connectivity index (χ3n) is 5.75. The number of methoxy groups -OCH3 is 1. The van der Waals surface area contributed by atoms with Gasteiger partial charge in [-0.1, -0.05) is 42.0 Å². The number of nitrogens with one attached hydrogen (secondary N) is 1. The molecule has 0 bridgehead atoms. The van der Waals surface area contributed by atoms with E-state index in [1.54, 1.807) is 66.7 Å². The highest BCUT2D eigenvalue weighted by atomic mass is 16.5. The van der Waals surface area contributed by atoms with Crippen LogP contribution in [-0.4, -0.2) is 41.8 Å². The fourth-order valence-electron chi connectivity index (χ4n) is 4.00. The van der Waals surface area contributed by atoms with Crippen molar-refractivity contribution in [1.29, 1.82) is 0 Å². The van der Waals surface area contributed by atoms with Crippen LogP contribution < -0.4 is 15.1 Å². The molecule has 8 nitrogen and oxygen atoms in total. The maximum atomic E-state index is 13.5. The van der Waals surface area contributed by atoms with Gasteiger partial charge in [-0.2, -0.15) is 0 Å². The number of benzene rings is 3. The molecule has 1 aliphatic heterocycles. The van der Waals surface area contributed by atoms with Crippen LogP contribution in [0.2, 0.25) is 0 Å².